The number of aromatic nitrogens is 1. The van der Waals surface area contributed by atoms with Crippen LogP contribution in [0.25, 0.3) is 16.9 Å². The van der Waals surface area contributed by atoms with Crippen molar-refractivity contribution in [3.8, 4) is 16.9 Å². The lowest BCUT2D eigenvalue weighted by atomic mass is 9.96. The summed E-state index contributed by atoms with van der Waals surface area (Å²) in [6.45, 7) is 1.16. The standard InChI is InChI=1S/C28H31N3O2/c29-27(32)21-15-17-30(18-16-21)28(33)22-11-13-24(14-12-22)31-25-10-6-2-5-9-23(25)19-26(31)20-7-3-1-4-8-20/h1,3-4,7-8,11-14,19,21H,2,5-6,9-10,15-18H2,(H2,29,32). The molecule has 0 bridgehead atoms. The van der Waals surface area contributed by atoms with E-state index in [0.29, 0.717) is 31.5 Å². The fourth-order valence-corrected chi connectivity index (χ4v) is 5.29. The Labute approximate surface area is 195 Å². The van der Waals surface area contributed by atoms with Gasteiger partial charge >= 0.3 is 0 Å². The van der Waals surface area contributed by atoms with Gasteiger partial charge in [0.1, 0.15) is 0 Å². The van der Waals surface area contributed by atoms with Crippen LogP contribution >= 0.6 is 0 Å². The van der Waals surface area contributed by atoms with Crippen LogP contribution in [0.3, 0.4) is 0 Å². The van der Waals surface area contributed by atoms with Crippen molar-refractivity contribution in [3.63, 3.8) is 0 Å². The van der Waals surface area contributed by atoms with E-state index in [2.05, 4.69) is 47.0 Å². The highest BCUT2D eigenvalue weighted by atomic mass is 16.2. The Morgan fingerprint density at radius 3 is 2.24 bits per heavy atom. The van der Waals surface area contributed by atoms with Crippen LogP contribution in [-0.4, -0.2) is 34.4 Å². The third-order valence-electron chi connectivity index (χ3n) is 7.18. The maximum atomic E-state index is 13.0. The predicted molar refractivity (Wildman–Crippen MR) is 130 cm³/mol. The summed E-state index contributed by atoms with van der Waals surface area (Å²) >= 11 is 0. The highest BCUT2D eigenvalue weighted by Gasteiger charge is 2.26. The quantitative estimate of drug-likeness (QED) is 0.594. The molecule has 5 nitrogen and oxygen atoms in total. The first-order valence-corrected chi connectivity index (χ1v) is 12.1. The number of benzene rings is 2. The lowest BCUT2D eigenvalue weighted by molar-refractivity contribution is -0.123. The molecule has 2 aromatic carbocycles. The molecule has 2 aliphatic rings. The summed E-state index contributed by atoms with van der Waals surface area (Å²) in [5.74, 6) is -0.345. The fourth-order valence-electron chi connectivity index (χ4n) is 5.29. The number of primary amides is 1. The summed E-state index contributed by atoms with van der Waals surface area (Å²) in [6, 6.07) is 20.9. The van der Waals surface area contributed by atoms with Crippen molar-refractivity contribution in [2.75, 3.05) is 13.1 Å². The van der Waals surface area contributed by atoms with Gasteiger partial charge in [-0.2, -0.15) is 0 Å². The van der Waals surface area contributed by atoms with Crippen LogP contribution in [-0.2, 0) is 17.6 Å². The smallest absolute Gasteiger partial charge is 0.253 e. The van der Waals surface area contributed by atoms with E-state index in [9.17, 15) is 9.59 Å². The number of likely N-dealkylation sites (tertiary alicyclic amines) is 1. The molecule has 170 valence electrons. The lowest BCUT2D eigenvalue weighted by Gasteiger charge is -2.30. The summed E-state index contributed by atoms with van der Waals surface area (Å²) in [5, 5.41) is 0. The van der Waals surface area contributed by atoms with Gasteiger partial charge in [0, 0.05) is 36.0 Å². The van der Waals surface area contributed by atoms with Crippen LogP contribution in [0.15, 0.2) is 60.7 Å². The molecule has 0 radical (unpaired) electrons. The molecular weight excluding hydrogens is 410 g/mol. The minimum absolute atomic E-state index is 0.0269. The predicted octanol–water partition coefficient (Wildman–Crippen LogP) is 4.75. The van der Waals surface area contributed by atoms with E-state index in [1.165, 1.54) is 41.8 Å². The summed E-state index contributed by atoms with van der Waals surface area (Å²) in [4.78, 5) is 26.3. The van der Waals surface area contributed by atoms with Gasteiger partial charge in [-0.05, 0) is 80.0 Å². The molecule has 0 spiro atoms. The average molecular weight is 442 g/mol. The Morgan fingerprint density at radius 1 is 0.848 bits per heavy atom. The topological polar surface area (TPSA) is 68.3 Å². The van der Waals surface area contributed by atoms with Gasteiger partial charge in [-0.3, -0.25) is 9.59 Å². The molecule has 0 atom stereocenters. The molecule has 0 unspecified atom stereocenters. The third-order valence-corrected chi connectivity index (χ3v) is 7.18. The van der Waals surface area contributed by atoms with E-state index in [1.807, 2.05) is 23.1 Å². The van der Waals surface area contributed by atoms with E-state index >= 15 is 0 Å². The van der Waals surface area contributed by atoms with Crippen molar-refractivity contribution in [2.45, 2.75) is 44.9 Å². The largest absolute Gasteiger partial charge is 0.369 e. The van der Waals surface area contributed by atoms with Gasteiger partial charge in [-0.15, -0.1) is 0 Å². The number of nitrogens with zero attached hydrogens (tertiary/aromatic N) is 2. The van der Waals surface area contributed by atoms with Crippen LogP contribution < -0.4 is 5.73 Å². The summed E-state index contributed by atoms with van der Waals surface area (Å²) in [5.41, 5.74) is 12.5. The van der Waals surface area contributed by atoms with Crippen LogP contribution in [0.4, 0.5) is 0 Å². The molecule has 1 aromatic heterocycles. The average Bonchev–Trinajstić information content (AvgIpc) is 3.06. The van der Waals surface area contributed by atoms with Crippen molar-refractivity contribution in [2.24, 2.45) is 11.7 Å². The van der Waals surface area contributed by atoms with Gasteiger partial charge in [-0.25, -0.2) is 0 Å². The van der Waals surface area contributed by atoms with Gasteiger partial charge in [0.15, 0.2) is 0 Å². The molecule has 33 heavy (non-hydrogen) atoms. The monoisotopic (exact) mass is 441 g/mol. The lowest BCUT2D eigenvalue weighted by Crippen LogP contribution is -2.41. The SMILES string of the molecule is NC(=O)C1CCN(C(=O)c2ccc(-n3c(-c4ccccc4)cc4c3CCCCC4)cc2)CC1. The van der Waals surface area contributed by atoms with Gasteiger partial charge < -0.3 is 15.2 Å². The second-order valence-corrected chi connectivity index (χ2v) is 9.28. The van der Waals surface area contributed by atoms with Crippen LogP contribution in [0.1, 0.15) is 53.7 Å². The van der Waals surface area contributed by atoms with Gasteiger partial charge in [-0.1, -0.05) is 36.8 Å². The van der Waals surface area contributed by atoms with Crippen molar-refractivity contribution >= 4 is 11.8 Å². The van der Waals surface area contributed by atoms with Crippen LogP contribution in [0.5, 0.6) is 0 Å². The highest BCUT2D eigenvalue weighted by Crippen LogP contribution is 2.33. The summed E-state index contributed by atoms with van der Waals surface area (Å²) in [6.07, 6.45) is 7.23. The maximum absolute atomic E-state index is 13.0. The summed E-state index contributed by atoms with van der Waals surface area (Å²) < 4.78 is 2.39. The first kappa shape index (κ1) is 21.5. The molecule has 2 N–H and O–H groups in total. The van der Waals surface area contributed by atoms with Crippen molar-refractivity contribution in [3.05, 3.63) is 77.5 Å². The summed E-state index contributed by atoms with van der Waals surface area (Å²) in [7, 11) is 0. The van der Waals surface area contributed by atoms with E-state index in [-0.39, 0.29) is 17.7 Å². The zero-order valence-electron chi connectivity index (χ0n) is 19.0. The molecule has 1 aliphatic carbocycles. The molecule has 1 fully saturated rings. The number of aryl methyl sites for hydroxylation is 1. The highest BCUT2D eigenvalue weighted by molar-refractivity contribution is 5.94. The number of nitrogens with two attached hydrogens (primary N) is 1. The Bertz CT molecular complexity index is 1140. The zero-order chi connectivity index (χ0) is 22.8. The Hall–Kier alpha value is -3.34. The van der Waals surface area contributed by atoms with Gasteiger partial charge in [0.05, 0.1) is 5.69 Å². The first-order chi connectivity index (χ1) is 16.1. The molecule has 3 aromatic rings. The Morgan fingerprint density at radius 2 is 1.55 bits per heavy atom. The van der Waals surface area contributed by atoms with E-state index in [1.54, 1.807) is 0 Å². The fraction of sp³-hybridized carbons (Fsp3) is 0.357. The molecular formula is C28H31N3O2. The minimum Gasteiger partial charge on any atom is -0.369 e. The van der Waals surface area contributed by atoms with Gasteiger partial charge in [0.25, 0.3) is 5.91 Å². The number of hydrogen-bond donors (Lipinski definition) is 1. The molecule has 2 heterocycles. The van der Waals surface area contributed by atoms with Crippen molar-refractivity contribution in [1.82, 2.24) is 9.47 Å². The van der Waals surface area contributed by atoms with Crippen molar-refractivity contribution < 1.29 is 9.59 Å². The number of fused-ring (bicyclic) bond motifs is 1. The molecule has 1 aliphatic heterocycles. The van der Waals surface area contributed by atoms with Crippen LogP contribution in [0.2, 0.25) is 0 Å². The number of hydrogen-bond acceptors (Lipinski definition) is 2. The number of rotatable bonds is 4. The normalized spacial score (nSPS) is 16.8. The van der Waals surface area contributed by atoms with E-state index < -0.39 is 0 Å². The van der Waals surface area contributed by atoms with E-state index in [0.717, 1.165) is 18.5 Å². The molecule has 5 rings (SSSR count). The van der Waals surface area contributed by atoms with Gasteiger partial charge in [0.2, 0.25) is 5.91 Å². The minimum atomic E-state index is -0.258. The van der Waals surface area contributed by atoms with Crippen molar-refractivity contribution in [1.29, 1.82) is 0 Å². The number of carbonyl (C=O) groups excluding carboxylic acids is 2. The second-order valence-electron chi connectivity index (χ2n) is 9.28. The first-order valence-electron chi connectivity index (χ1n) is 12.1. The number of amides is 2. The molecule has 2 amide bonds. The van der Waals surface area contributed by atoms with E-state index in [4.69, 9.17) is 5.73 Å². The Balaban J connectivity index is 1.44. The number of carbonyl (C=O) groups is 2. The third kappa shape index (κ3) is 4.32. The van der Waals surface area contributed by atoms with Crippen LogP contribution in [0, 0.1) is 5.92 Å². The molecule has 1 saturated heterocycles. The number of piperidine rings is 1. The zero-order valence-corrected chi connectivity index (χ0v) is 19.0. The maximum Gasteiger partial charge on any atom is 0.253 e. The molecule has 0 saturated carbocycles. The molecule has 5 heteroatoms. The second kappa shape index (κ2) is 9.26. The Kier molecular flexibility index (Phi) is 6.03.